The first-order chi connectivity index (χ1) is 12.3. The van der Waals surface area contributed by atoms with Crippen LogP contribution in [0.5, 0.6) is 0 Å². The van der Waals surface area contributed by atoms with E-state index in [1.165, 1.54) is 12.1 Å². The van der Waals surface area contributed by atoms with E-state index in [-0.39, 0.29) is 11.5 Å². The fourth-order valence-electron chi connectivity index (χ4n) is 2.88. The summed E-state index contributed by atoms with van der Waals surface area (Å²) in [6.07, 6.45) is -0.908. The van der Waals surface area contributed by atoms with Crippen LogP contribution in [0.3, 0.4) is 0 Å². The van der Waals surface area contributed by atoms with E-state index in [1.54, 1.807) is 11.0 Å². The van der Waals surface area contributed by atoms with E-state index in [1.807, 2.05) is 0 Å². The second kappa shape index (κ2) is 7.43. The molecule has 3 rings (SSSR count). The van der Waals surface area contributed by atoms with Gasteiger partial charge in [0.2, 0.25) is 11.7 Å². The van der Waals surface area contributed by atoms with Gasteiger partial charge in [0.05, 0.1) is 5.56 Å². The van der Waals surface area contributed by atoms with Crippen LogP contribution in [0.2, 0.25) is 0 Å². The van der Waals surface area contributed by atoms with Crippen molar-refractivity contribution in [1.29, 1.82) is 0 Å². The third-order valence-electron chi connectivity index (χ3n) is 4.28. The lowest BCUT2D eigenvalue weighted by Gasteiger charge is -2.20. The molecule has 2 aromatic rings. The first-order valence-electron chi connectivity index (χ1n) is 8.32. The number of rotatable bonds is 4. The van der Waals surface area contributed by atoms with Crippen LogP contribution in [-0.4, -0.2) is 34.0 Å². The molecule has 26 heavy (non-hydrogen) atoms. The van der Waals surface area contributed by atoms with Gasteiger partial charge in [0, 0.05) is 19.5 Å². The third kappa shape index (κ3) is 4.20. The summed E-state index contributed by atoms with van der Waals surface area (Å²) in [6.45, 7) is 1.18. The highest BCUT2D eigenvalue weighted by Gasteiger charge is 2.38. The van der Waals surface area contributed by atoms with Crippen molar-refractivity contribution in [2.24, 2.45) is 0 Å². The van der Waals surface area contributed by atoms with E-state index in [4.69, 9.17) is 0 Å². The number of hydrogen-bond acceptors (Lipinski definition) is 4. The third-order valence-corrected chi connectivity index (χ3v) is 4.28. The molecule has 1 aromatic heterocycles. The first kappa shape index (κ1) is 18.3. The van der Waals surface area contributed by atoms with Crippen molar-refractivity contribution in [1.82, 2.24) is 15.0 Å². The summed E-state index contributed by atoms with van der Waals surface area (Å²) in [5, 5.41) is 3.18. The van der Waals surface area contributed by atoms with E-state index in [9.17, 15) is 22.4 Å². The van der Waals surface area contributed by atoms with Gasteiger partial charge in [0.15, 0.2) is 0 Å². The van der Waals surface area contributed by atoms with Crippen molar-refractivity contribution in [3.05, 3.63) is 35.5 Å². The number of benzene rings is 1. The zero-order chi connectivity index (χ0) is 18.7. The molecule has 9 heteroatoms. The van der Waals surface area contributed by atoms with Gasteiger partial charge in [-0.3, -0.25) is 4.79 Å². The molecule has 0 atom stereocenters. The molecule has 140 valence electrons. The predicted molar refractivity (Wildman–Crippen MR) is 83.4 cm³/mol. The van der Waals surface area contributed by atoms with E-state index in [0.717, 1.165) is 19.3 Å². The summed E-state index contributed by atoms with van der Waals surface area (Å²) in [4.78, 5) is 16.9. The zero-order valence-corrected chi connectivity index (χ0v) is 13.9. The molecule has 1 amide bonds. The van der Waals surface area contributed by atoms with Crippen LogP contribution in [0.25, 0.3) is 11.4 Å². The summed E-state index contributed by atoms with van der Waals surface area (Å²) in [5.74, 6) is -2.61. The second-order valence-electron chi connectivity index (χ2n) is 6.18. The second-order valence-corrected chi connectivity index (χ2v) is 6.18. The van der Waals surface area contributed by atoms with E-state index in [0.29, 0.717) is 31.5 Å². The van der Waals surface area contributed by atoms with Gasteiger partial charge >= 0.3 is 12.1 Å². The van der Waals surface area contributed by atoms with Crippen molar-refractivity contribution in [2.75, 3.05) is 13.1 Å². The zero-order valence-electron chi connectivity index (χ0n) is 13.9. The maximum atomic E-state index is 14.3. The van der Waals surface area contributed by atoms with Crippen LogP contribution in [-0.2, 0) is 17.4 Å². The Balaban J connectivity index is 1.69. The summed E-state index contributed by atoms with van der Waals surface area (Å²) >= 11 is 0. The number of carbonyl (C=O) groups excluding carboxylic acids is 1. The van der Waals surface area contributed by atoms with Crippen molar-refractivity contribution in [3.63, 3.8) is 0 Å². The number of likely N-dealkylation sites (tertiary alicyclic amines) is 1. The van der Waals surface area contributed by atoms with Crippen LogP contribution in [0.15, 0.2) is 22.7 Å². The number of halogens is 4. The molecule has 1 aliphatic rings. The normalized spacial score (nSPS) is 16.0. The quantitative estimate of drug-likeness (QED) is 0.767. The van der Waals surface area contributed by atoms with E-state index in [2.05, 4.69) is 14.7 Å². The molecule has 5 nitrogen and oxygen atoms in total. The molecule has 1 fully saturated rings. The summed E-state index contributed by atoms with van der Waals surface area (Å²) in [7, 11) is 0. The fraction of sp³-hybridized carbons (Fsp3) is 0.471. The number of aromatic nitrogens is 2. The van der Waals surface area contributed by atoms with Crippen LogP contribution in [0.4, 0.5) is 17.6 Å². The number of nitrogens with zero attached hydrogens (tertiary/aromatic N) is 3. The monoisotopic (exact) mass is 371 g/mol. The maximum Gasteiger partial charge on any atom is 0.471 e. The number of alkyl halides is 3. The van der Waals surface area contributed by atoms with Gasteiger partial charge in [0.25, 0.3) is 0 Å². The number of hydrogen-bond donors (Lipinski definition) is 0. The van der Waals surface area contributed by atoms with Crippen molar-refractivity contribution in [2.45, 2.75) is 38.3 Å². The summed E-state index contributed by atoms with van der Waals surface area (Å²) in [6, 6.07) is 4.13. The molecule has 1 saturated heterocycles. The van der Waals surface area contributed by atoms with Gasteiger partial charge in [-0.2, -0.15) is 18.2 Å². The molecule has 0 radical (unpaired) electrons. The van der Waals surface area contributed by atoms with Crippen LogP contribution >= 0.6 is 0 Å². The van der Waals surface area contributed by atoms with Gasteiger partial charge in [-0.15, -0.1) is 0 Å². The van der Waals surface area contributed by atoms with Gasteiger partial charge in [-0.25, -0.2) is 4.39 Å². The Bertz CT molecular complexity index is 789. The Kier molecular flexibility index (Phi) is 5.24. The van der Waals surface area contributed by atoms with Crippen molar-refractivity contribution >= 4 is 5.91 Å². The Morgan fingerprint density at radius 3 is 2.69 bits per heavy atom. The lowest BCUT2D eigenvalue weighted by Crippen LogP contribution is -2.32. The highest BCUT2D eigenvalue weighted by atomic mass is 19.4. The van der Waals surface area contributed by atoms with E-state index < -0.39 is 23.7 Å². The highest BCUT2D eigenvalue weighted by molar-refractivity contribution is 5.76. The lowest BCUT2D eigenvalue weighted by atomic mass is 10.1. The van der Waals surface area contributed by atoms with Crippen molar-refractivity contribution < 1.29 is 26.9 Å². The number of amides is 1. The fourth-order valence-corrected chi connectivity index (χ4v) is 2.88. The molecule has 1 aromatic carbocycles. The van der Waals surface area contributed by atoms with Gasteiger partial charge in [-0.05, 0) is 37.0 Å². The molecule has 0 N–H and O–H groups in total. The average Bonchev–Trinajstić information content (AvgIpc) is 2.98. The summed E-state index contributed by atoms with van der Waals surface area (Å²) < 4.78 is 55.9. The average molecular weight is 371 g/mol. The minimum absolute atomic E-state index is 0.103. The molecule has 1 aliphatic heterocycles. The van der Waals surface area contributed by atoms with E-state index >= 15 is 0 Å². The first-order valence-corrected chi connectivity index (χ1v) is 8.32. The van der Waals surface area contributed by atoms with Crippen LogP contribution in [0.1, 0.15) is 37.1 Å². The molecule has 0 bridgehead atoms. The highest BCUT2D eigenvalue weighted by Crippen LogP contribution is 2.30. The smallest absolute Gasteiger partial charge is 0.342 e. The van der Waals surface area contributed by atoms with Gasteiger partial charge < -0.3 is 9.42 Å². The van der Waals surface area contributed by atoms with Gasteiger partial charge in [-0.1, -0.05) is 17.6 Å². The predicted octanol–water partition coefficient (Wildman–Crippen LogP) is 3.84. The van der Waals surface area contributed by atoms with Crippen LogP contribution < -0.4 is 0 Å². The minimum atomic E-state index is -4.78. The SMILES string of the molecule is O=C1CCCCCN1CCc1ccc(-c2noc(C(F)(F)F)n2)c(F)c1. The molecule has 0 unspecified atom stereocenters. The minimum Gasteiger partial charge on any atom is -0.342 e. The molecule has 0 spiro atoms. The standard InChI is InChI=1S/C17H17F4N3O2/c18-13-10-11(7-9-24-8-3-1-2-4-14(24)25)5-6-12(13)15-22-16(26-23-15)17(19,20)21/h5-6,10H,1-4,7-9H2. The lowest BCUT2D eigenvalue weighted by molar-refractivity contribution is -0.159. The Morgan fingerprint density at radius 2 is 2.00 bits per heavy atom. The summed E-state index contributed by atoms with van der Waals surface area (Å²) in [5.41, 5.74) is 0.474. The van der Waals surface area contributed by atoms with Gasteiger partial charge in [0.1, 0.15) is 5.82 Å². The molecular formula is C17H17F4N3O2. The Hall–Kier alpha value is -2.45. The number of carbonyl (C=O) groups is 1. The largest absolute Gasteiger partial charge is 0.471 e. The van der Waals surface area contributed by atoms with Crippen LogP contribution in [0, 0.1) is 5.82 Å². The molecule has 0 saturated carbocycles. The Morgan fingerprint density at radius 1 is 1.19 bits per heavy atom. The topological polar surface area (TPSA) is 59.2 Å². The van der Waals surface area contributed by atoms with Crippen molar-refractivity contribution in [3.8, 4) is 11.4 Å². The molecular weight excluding hydrogens is 354 g/mol. The maximum absolute atomic E-state index is 14.3. The molecule has 0 aliphatic carbocycles. The molecule has 2 heterocycles. The Labute approximate surface area is 147 Å².